The van der Waals surface area contributed by atoms with E-state index in [1.54, 1.807) is 55.8 Å². The lowest BCUT2D eigenvalue weighted by Gasteiger charge is -2.15. The predicted octanol–water partition coefficient (Wildman–Crippen LogP) is 6.56. The highest BCUT2D eigenvalue weighted by Gasteiger charge is 2.26. The molecular weight excluding hydrogens is 548 g/mol. The zero-order valence-corrected chi connectivity index (χ0v) is 25.2. The third-order valence-corrected chi connectivity index (χ3v) is 6.92. The summed E-state index contributed by atoms with van der Waals surface area (Å²) in [6.07, 6.45) is 4.04. The van der Waals surface area contributed by atoms with Gasteiger partial charge in [-0.3, -0.25) is 15.1 Å². The number of nitrogens with one attached hydrogen (secondary N) is 3. The van der Waals surface area contributed by atoms with Crippen LogP contribution in [-0.4, -0.2) is 47.0 Å². The second-order valence-corrected chi connectivity index (χ2v) is 11.7. The van der Waals surface area contributed by atoms with Gasteiger partial charge in [-0.1, -0.05) is 20.8 Å². The van der Waals surface area contributed by atoms with Crippen LogP contribution in [0, 0.1) is 5.92 Å². The molecule has 43 heavy (non-hydrogen) atoms. The van der Waals surface area contributed by atoms with E-state index in [0.29, 0.717) is 64.5 Å². The van der Waals surface area contributed by atoms with Crippen molar-refractivity contribution in [2.24, 2.45) is 5.92 Å². The molecule has 2 aromatic heterocycles. The van der Waals surface area contributed by atoms with E-state index >= 15 is 0 Å². The smallest absolute Gasteiger partial charge is 0.324 e. The summed E-state index contributed by atoms with van der Waals surface area (Å²) in [6.45, 7) is 9.29. The molecule has 11 heteroatoms. The molecule has 3 amide bonds. The fourth-order valence-electron chi connectivity index (χ4n) is 4.46. The van der Waals surface area contributed by atoms with Crippen molar-refractivity contribution in [1.82, 2.24) is 14.8 Å². The number of hydrogen-bond donors (Lipinski definition) is 3. The Morgan fingerprint density at radius 3 is 2.42 bits per heavy atom. The minimum absolute atomic E-state index is 0.122. The summed E-state index contributed by atoms with van der Waals surface area (Å²) < 4.78 is 19.0. The number of pyridine rings is 1. The Bertz CT molecular complexity index is 1610. The van der Waals surface area contributed by atoms with Crippen LogP contribution in [-0.2, 0) is 21.5 Å². The quantitative estimate of drug-likeness (QED) is 0.170. The number of fused-ring (bicyclic) bond motifs is 1. The molecule has 0 saturated heterocycles. The monoisotopic (exact) mass is 586 g/mol. The van der Waals surface area contributed by atoms with Crippen molar-refractivity contribution in [2.45, 2.75) is 52.5 Å². The summed E-state index contributed by atoms with van der Waals surface area (Å²) in [7, 11) is 1.59. The summed E-state index contributed by atoms with van der Waals surface area (Å²) in [6, 6.07) is 14.0. The Balaban J connectivity index is 1.28. The summed E-state index contributed by atoms with van der Waals surface area (Å²) in [5.74, 6) is 2.69. The lowest BCUT2D eigenvalue weighted by molar-refractivity contribution is -0.114. The normalized spacial score (nSPS) is 13.0. The van der Waals surface area contributed by atoms with Crippen LogP contribution in [0.15, 0.2) is 54.7 Å². The largest absolute Gasteiger partial charge is 0.489 e. The first kappa shape index (κ1) is 29.8. The number of anilines is 3. The van der Waals surface area contributed by atoms with Gasteiger partial charge in [0.1, 0.15) is 29.7 Å². The van der Waals surface area contributed by atoms with Crippen molar-refractivity contribution in [3.8, 4) is 17.2 Å². The third kappa shape index (κ3) is 7.81. The molecule has 1 fully saturated rings. The van der Waals surface area contributed by atoms with E-state index < -0.39 is 0 Å². The van der Waals surface area contributed by atoms with E-state index in [-0.39, 0.29) is 17.4 Å². The van der Waals surface area contributed by atoms with Gasteiger partial charge < -0.3 is 24.8 Å². The SMILES string of the molecule is COCCOc1cc2nccc(Oc3ccc(NC(=O)Nc4cc(C(C)(C)C)nn4CC4CC4)cc3)c2cc1NC(C)=O. The summed E-state index contributed by atoms with van der Waals surface area (Å²) in [4.78, 5) is 29.2. The Morgan fingerprint density at radius 2 is 1.74 bits per heavy atom. The van der Waals surface area contributed by atoms with Crippen LogP contribution in [0.25, 0.3) is 10.9 Å². The van der Waals surface area contributed by atoms with Crippen LogP contribution in [0.4, 0.5) is 22.0 Å². The number of hydrogen-bond acceptors (Lipinski definition) is 7. The molecule has 1 aliphatic rings. The molecule has 0 bridgehead atoms. The highest BCUT2D eigenvalue weighted by molar-refractivity contribution is 5.99. The number of nitrogens with zero attached hydrogens (tertiary/aromatic N) is 3. The Kier molecular flexibility index (Phi) is 8.81. The lowest BCUT2D eigenvalue weighted by Crippen LogP contribution is -2.21. The van der Waals surface area contributed by atoms with Gasteiger partial charge in [0.15, 0.2) is 0 Å². The zero-order valence-electron chi connectivity index (χ0n) is 25.2. The molecule has 0 aliphatic heterocycles. The van der Waals surface area contributed by atoms with E-state index in [9.17, 15) is 9.59 Å². The first-order valence-electron chi connectivity index (χ1n) is 14.4. The molecular formula is C32H38N6O5. The fraction of sp³-hybridized carbons (Fsp3) is 0.375. The van der Waals surface area contributed by atoms with Gasteiger partial charge in [0, 0.05) is 55.4 Å². The second-order valence-electron chi connectivity index (χ2n) is 11.7. The topological polar surface area (TPSA) is 129 Å². The lowest BCUT2D eigenvalue weighted by atomic mass is 9.92. The van der Waals surface area contributed by atoms with Crippen molar-refractivity contribution >= 4 is 40.0 Å². The zero-order chi connectivity index (χ0) is 30.6. The third-order valence-electron chi connectivity index (χ3n) is 6.92. The number of rotatable bonds is 11. The molecule has 11 nitrogen and oxygen atoms in total. The maximum absolute atomic E-state index is 12.9. The molecule has 1 aliphatic carbocycles. The molecule has 0 unspecified atom stereocenters. The van der Waals surface area contributed by atoms with E-state index in [1.807, 2.05) is 10.7 Å². The van der Waals surface area contributed by atoms with Gasteiger partial charge >= 0.3 is 6.03 Å². The second kappa shape index (κ2) is 12.7. The number of carbonyl (C=O) groups excluding carboxylic acids is 2. The summed E-state index contributed by atoms with van der Waals surface area (Å²) >= 11 is 0. The van der Waals surface area contributed by atoms with Gasteiger partial charge in [0.2, 0.25) is 5.91 Å². The van der Waals surface area contributed by atoms with Crippen molar-refractivity contribution in [3.63, 3.8) is 0 Å². The van der Waals surface area contributed by atoms with Gasteiger partial charge in [0.25, 0.3) is 0 Å². The first-order chi connectivity index (χ1) is 20.6. The number of amides is 3. The number of urea groups is 1. The summed E-state index contributed by atoms with van der Waals surface area (Å²) in [5.41, 5.74) is 2.58. The van der Waals surface area contributed by atoms with Crippen LogP contribution >= 0.6 is 0 Å². The van der Waals surface area contributed by atoms with Crippen LogP contribution in [0.3, 0.4) is 0 Å². The molecule has 1 saturated carbocycles. The molecule has 2 heterocycles. The molecule has 0 spiro atoms. The molecule has 5 rings (SSSR count). The fourth-order valence-corrected chi connectivity index (χ4v) is 4.46. The van der Waals surface area contributed by atoms with Gasteiger partial charge in [0.05, 0.1) is 23.5 Å². The van der Waals surface area contributed by atoms with E-state index in [1.165, 1.54) is 19.8 Å². The van der Waals surface area contributed by atoms with Crippen molar-refractivity contribution < 1.29 is 23.8 Å². The van der Waals surface area contributed by atoms with Gasteiger partial charge in [-0.25, -0.2) is 9.48 Å². The summed E-state index contributed by atoms with van der Waals surface area (Å²) in [5, 5.41) is 14.1. The average Bonchev–Trinajstić information content (AvgIpc) is 3.68. The predicted molar refractivity (Wildman–Crippen MR) is 166 cm³/mol. The van der Waals surface area contributed by atoms with Crippen molar-refractivity contribution in [1.29, 1.82) is 0 Å². The molecule has 3 N–H and O–H groups in total. The van der Waals surface area contributed by atoms with E-state index in [2.05, 4.69) is 41.7 Å². The van der Waals surface area contributed by atoms with Crippen LogP contribution < -0.4 is 25.4 Å². The minimum atomic E-state index is -0.347. The maximum Gasteiger partial charge on any atom is 0.324 e. The van der Waals surface area contributed by atoms with Crippen LogP contribution in [0.1, 0.15) is 46.2 Å². The van der Waals surface area contributed by atoms with Crippen molar-refractivity contribution in [3.05, 3.63) is 60.4 Å². The molecule has 2 aromatic carbocycles. The number of methoxy groups -OCH3 is 1. The highest BCUT2D eigenvalue weighted by Crippen LogP contribution is 2.36. The molecule has 226 valence electrons. The van der Waals surface area contributed by atoms with Crippen LogP contribution in [0.5, 0.6) is 17.2 Å². The molecule has 4 aromatic rings. The first-order valence-corrected chi connectivity index (χ1v) is 14.4. The van der Waals surface area contributed by atoms with E-state index in [4.69, 9.17) is 19.3 Å². The Labute approximate surface area is 250 Å². The van der Waals surface area contributed by atoms with Gasteiger partial charge in [-0.2, -0.15) is 5.10 Å². The van der Waals surface area contributed by atoms with E-state index in [0.717, 1.165) is 12.2 Å². The Hall–Kier alpha value is -4.64. The van der Waals surface area contributed by atoms with Crippen LogP contribution in [0.2, 0.25) is 0 Å². The van der Waals surface area contributed by atoms with Gasteiger partial charge in [-0.05, 0) is 55.2 Å². The number of benzene rings is 2. The highest BCUT2D eigenvalue weighted by atomic mass is 16.5. The standard InChI is InChI=1S/C32H38N6O5/c1-20(39)34-26-16-24-25(17-28(26)42-15-14-41-5)33-13-12-27(24)43-23-10-8-22(9-11-23)35-31(40)36-30-18-29(32(2,3)4)37-38(30)19-21-6-7-21/h8-13,16-18,21H,6-7,14-15,19H2,1-5H3,(H,34,39)(H2,35,36,40). The maximum atomic E-state index is 12.9. The molecule has 0 radical (unpaired) electrons. The minimum Gasteiger partial charge on any atom is -0.489 e. The van der Waals surface area contributed by atoms with Crippen molar-refractivity contribution in [2.75, 3.05) is 36.3 Å². The van der Waals surface area contributed by atoms with Gasteiger partial charge in [-0.15, -0.1) is 0 Å². The number of ether oxygens (including phenoxy) is 3. The number of aromatic nitrogens is 3. The number of carbonyl (C=O) groups is 2. The Morgan fingerprint density at radius 1 is 0.977 bits per heavy atom. The molecule has 0 atom stereocenters. The average molecular weight is 587 g/mol.